The molecule has 0 amide bonds. The zero-order valence-corrected chi connectivity index (χ0v) is 14.1. The first kappa shape index (κ1) is 16.2. The van der Waals surface area contributed by atoms with Crippen LogP contribution in [-0.4, -0.2) is 38.3 Å². The monoisotopic (exact) mass is 289 g/mol. The van der Waals surface area contributed by atoms with E-state index in [1.54, 1.807) is 0 Å². The van der Waals surface area contributed by atoms with E-state index >= 15 is 0 Å². The molecule has 0 aromatic heterocycles. The van der Waals surface area contributed by atoms with Crippen molar-refractivity contribution >= 4 is 11.4 Å². The van der Waals surface area contributed by atoms with Crippen LogP contribution in [-0.2, 0) is 0 Å². The van der Waals surface area contributed by atoms with Crippen LogP contribution in [0.15, 0.2) is 24.3 Å². The SMILES string of the molecule is CCNC1CCN(c2ccc(N(CC)CC)cc2)C(C)C1. The van der Waals surface area contributed by atoms with Gasteiger partial charge in [-0.3, -0.25) is 0 Å². The Morgan fingerprint density at radius 2 is 1.81 bits per heavy atom. The minimum absolute atomic E-state index is 0.613. The molecule has 3 heteroatoms. The molecule has 1 heterocycles. The predicted octanol–water partition coefficient (Wildman–Crippen LogP) is 3.50. The van der Waals surface area contributed by atoms with Crippen LogP contribution in [0.1, 0.15) is 40.5 Å². The zero-order chi connectivity index (χ0) is 15.2. The molecule has 1 saturated heterocycles. The van der Waals surface area contributed by atoms with Crippen LogP contribution in [0.3, 0.4) is 0 Å². The summed E-state index contributed by atoms with van der Waals surface area (Å²) in [5.41, 5.74) is 2.70. The Morgan fingerprint density at radius 1 is 1.14 bits per heavy atom. The van der Waals surface area contributed by atoms with Gasteiger partial charge in [0.25, 0.3) is 0 Å². The minimum Gasteiger partial charge on any atom is -0.372 e. The molecule has 0 radical (unpaired) electrons. The minimum atomic E-state index is 0.613. The quantitative estimate of drug-likeness (QED) is 0.864. The predicted molar refractivity (Wildman–Crippen MR) is 93.5 cm³/mol. The lowest BCUT2D eigenvalue weighted by Gasteiger charge is -2.39. The van der Waals surface area contributed by atoms with Gasteiger partial charge in [-0.15, -0.1) is 0 Å². The van der Waals surface area contributed by atoms with Crippen LogP contribution in [0.5, 0.6) is 0 Å². The van der Waals surface area contributed by atoms with Crippen molar-refractivity contribution in [2.45, 2.75) is 52.6 Å². The molecule has 1 aliphatic rings. The number of benzene rings is 1. The van der Waals surface area contributed by atoms with Crippen LogP contribution >= 0.6 is 0 Å². The molecule has 3 nitrogen and oxygen atoms in total. The topological polar surface area (TPSA) is 18.5 Å². The van der Waals surface area contributed by atoms with Gasteiger partial charge in [-0.2, -0.15) is 0 Å². The van der Waals surface area contributed by atoms with Crippen LogP contribution in [0.2, 0.25) is 0 Å². The molecule has 0 spiro atoms. The van der Waals surface area contributed by atoms with Gasteiger partial charge in [0.15, 0.2) is 0 Å². The fourth-order valence-electron chi connectivity index (χ4n) is 3.47. The maximum absolute atomic E-state index is 3.59. The first-order valence-electron chi connectivity index (χ1n) is 8.54. The Labute approximate surface area is 130 Å². The summed E-state index contributed by atoms with van der Waals surface area (Å²) in [4.78, 5) is 4.95. The molecule has 1 fully saturated rings. The van der Waals surface area contributed by atoms with Crippen LogP contribution < -0.4 is 15.1 Å². The molecular formula is C18H31N3. The summed E-state index contributed by atoms with van der Waals surface area (Å²) in [7, 11) is 0. The standard InChI is InChI=1S/C18H31N3/c1-5-19-16-12-13-21(15(4)14-16)18-10-8-17(9-11-18)20(6-2)7-3/h8-11,15-16,19H,5-7,12-14H2,1-4H3. The van der Waals surface area contributed by atoms with E-state index in [9.17, 15) is 0 Å². The van der Waals surface area contributed by atoms with Crippen LogP contribution in [0.4, 0.5) is 11.4 Å². The number of piperidine rings is 1. The van der Waals surface area contributed by atoms with Gasteiger partial charge in [-0.25, -0.2) is 0 Å². The lowest BCUT2D eigenvalue weighted by atomic mass is 9.97. The van der Waals surface area contributed by atoms with E-state index in [2.05, 4.69) is 67.1 Å². The maximum atomic E-state index is 3.59. The molecule has 21 heavy (non-hydrogen) atoms. The van der Waals surface area contributed by atoms with Crippen LogP contribution in [0, 0.1) is 0 Å². The lowest BCUT2D eigenvalue weighted by Crippen LogP contribution is -2.47. The zero-order valence-electron chi connectivity index (χ0n) is 14.1. The number of nitrogens with zero attached hydrogens (tertiary/aromatic N) is 2. The smallest absolute Gasteiger partial charge is 0.0370 e. The second kappa shape index (κ2) is 7.69. The van der Waals surface area contributed by atoms with E-state index in [0.717, 1.165) is 26.2 Å². The third-order valence-electron chi connectivity index (χ3n) is 4.68. The van der Waals surface area contributed by atoms with Gasteiger partial charge in [0.1, 0.15) is 0 Å². The molecule has 1 aliphatic heterocycles. The summed E-state index contributed by atoms with van der Waals surface area (Å²) in [5.74, 6) is 0. The number of hydrogen-bond acceptors (Lipinski definition) is 3. The lowest BCUT2D eigenvalue weighted by molar-refractivity contribution is 0.374. The van der Waals surface area contributed by atoms with Crippen molar-refractivity contribution in [1.29, 1.82) is 0 Å². The van der Waals surface area contributed by atoms with Crippen molar-refractivity contribution in [3.05, 3.63) is 24.3 Å². The van der Waals surface area contributed by atoms with Crippen molar-refractivity contribution < 1.29 is 0 Å². The largest absolute Gasteiger partial charge is 0.372 e. The van der Waals surface area contributed by atoms with Gasteiger partial charge in [-0.05, 0) is 64.4 Å². The highest BCUT2D eigenvalue weighted by Gasteiger charge is 2.24. The molecule has 0 bridgehead atoms. The molecule has 118 valence electrons. The number of hydrogen-bond donors (Lipinski definition) is 1. The van der Waals surface area contributed by atoms with Gasteiger partial charge in [0.2, 0.25) is 0 Å². The molecule has 1 N–H and O–H groups in total. The molecule has 2 unspecified atom stereocenters. The highest BCUT2D eigenvalue weighted by molar-refractivity contribution is 5.57. The van der Waals surface area contributed by atoms with Crippen molar-refractivity contribution in [3.63, 3.8) is 0 Å². The first-order valence-corrected chi connectivity index (χ1v) is 8.54. The van der Waals surface area contributed by atoms with Gasteiger partial charge >= 0.3 is 0 Å². The van der Waals surface area contributed by atoms with Crippen LogP contribution in [0.25, 0.3) is 0 Å². The molecule has 2 rings (SSSR count). The third kappa shape index (κ3) is 3.91. The summed E-state index contributed by atoms with van der Waals surface area (Å²) in [6, 6.07) is 10.4. The van der Waals surface area contributed by atoms with Crippen molar-refractivity contribution in [2.24, 2.45) is 0 Å². The van der Waals surface area contributed by atoms with Crippen molar-refractivity contribution in [2.75, 3.05) is 36.0 Å². The first-order chi connectivity index (χ1) is 10.2. The van der Waals surface area contributed by atoms with E-state index in [4.69, 9.17) is 0 Å². The number of rotatable bonds is 6. The molecule has 1 aromatic rings. The number of anilines is 2. The second-order valence-electron chi connectivity index (χ2n) is 6.01. The van der Waals surface area contributed by atoms with E-state index in [1.165, 1.54) is 24.2 Å². The van der Waals surface area contributed by atoms with Crippen molar-refractivity contribution in [1.82, 2.24) is 5.32 Å². The van der Waals surface area contributed by atoms with E-state index in [-0.39, 0.29) is 0 Å². The molecule has 2 atom stereocenters. The summed E-state index contributed by atoms with van der Waals surface area (Å²) in [6.45, 7) is 13.3. The summed E-state index contributed by atoms with van der Waals surface area (Å²) < 4.78 is 0. The van der Waals surface area contributed by atoms with Gasteiger partial charge in [0, 0.05) is 43.1 Å². The highest BCUT2D eigenvalue weighted by atomic mass is 15.2. The highest BCUT2D eigenvalue weighted by Crippen LogP contribution is 2.27. The Morgan fingerprint density at radius 3 is 2.33 bits per heavy atom. The normalized spacial score (nSPS) is 22.4. The average Bonchev–Trinajstić information content (AvgIpc) is 2.50. The third-order valence-corrected chi connectivity index (χ3v) is 4.68. The molecule has 1 aromatic carbocycles. The fourth-order valence-corrected chi connectivity index (χ4v) is 3.47. The fraction of sp³-hybridized carbons (Fsp3) is 0.667. The Bertz CT molecular complexity index is 411. The summed E-state index contributed by atoms with van der Waals surface area (Å²) >= 11 is 0. The number of nitrogens with one attached hydrogen (secondary N) is 1. The van der Waals surface area contributed by atoms with E-state index < -0.39 is 0 Å². The second-order valence-corrected chi connectivity index (χ2v) is 6.01. The maximum Gasteiger partial charge on any atom is 0.0370 e. The van der Waals surface area contributed by atoms with E-state index in [0.29, 0.717) is 12.1 Å². The molecule has 0 saturated carbocycles. The van der Waals surface area contributed by atoms with Gasteiger partial charge < -0.3 is 15.1 Å². The van der Waals surface area contributed by atoms with Crippen molar-refractivity contribution in [3.8, 4) is 0 Å². The summed E-state index contributed by atoms with van der Waals surface area (Å²) in [6.07, 6.45) is 2.49. The Balaban J connectivity index is 2.02. The molecule has 0 aliphatic carbocycles. The Kier molecular flexibility index (Phi) is 5.92. The Hall–Kier alpha value is -1.22. The average molecular weight is 289 g/mol. The summed E-state index contributed by atoms with van der Waals surface area (Å²) in [5, 5.41) is 3.59. The van der Waals surface area contributed by atoms with Gasteiger partial charge in [0.05, 0.1) is 0 Å². The van der Waals surface area contributed by atoms with Gasteiger partial charge in [-0.1, -0.05) is 6.92 Å². The van der Waals surface area contributed by atoms with E-state index in [1.807, 2.05) is 0 Å². The molecular weight excluding hydrogens is 258 g/mol.